The van der Waals surface area contributed by atoms with Crippen LogP contribution >= 0.6 is 11.3 Å². The van der Waals surface area contributed by atoms with Crippen LogP contribution in [0, 0.1) is 0 Å². The quantitative estimate of drug-likeness (QED) is 0.643. The molecule has 5 heteroatoms. The zero-order valence-electron chi connectivity index (χ0n) is 14.6. The SMILES string of the molecule is CCOc1ccccc1OCCCC(=O)N1CCCC1c1cccs1. The van der Waals surface area contributed by atoms with Gasteiger partial charge in [0.25, 0.3) is 0 Å². The number of carbonyl (C=O) groups is 1. The molecule has 2 aromatic rings. The molecule has 0 N–H and O–H groups in total. The Bertz CT molecular complexity index is 671. The van der Waals surface area contributed by atoms with Crippen LogP contribution in [0.25, 0.3) is 0 Å². The van der Waals surface area contributed by atoms with E-state index in [9.17, 15) is 4.79 Å². The predicted octanol–water partition coefficient (Wildman–Crippen LogP) is 4.67. The topological polar surface area (TPSA) is 38.8 Å². The number of ether oxygens (including phenoxy) is 2. The molecule has 25 heavy (non-hydrogen) atoms. The van der Waals surface area contributed by atoms with Crippen LogP contribution in [-0.4, -0.2) is 30.6 Å². The summed E-state index contributed by atoms with van der Waals surface area (Å²) >= 11 is 1.74. The Kier molecular flexibility index (Phi) is 6.34. The third-order valence-corrected chi connectivity index (χ3v) is 5.36. The number of nitrogens with zero attached hydrogens (tertiary/aromatic N) is 1. The first-order chi connectivity index (χ1) is 12.3. The summed E-state index contributed by atoms with van der Waals surface area (Å²) < 4.78 is 11.4. The van der Waals surface area contributed by atoms with Gasteiger partial charge in [0, 0.05) is 17.8 Å². The molecule has 1 aromatic carbocycles. The summed E-state index contributed by atoms with van der Waals surface area (Å²) in [4.78, 5) is 15.9. The van der Waals surface area contributed by atoms with E-state index in [1.54, 1.807) is 11.3 Å². The van der Waals surface area contributed by atoms with Crippen LogP contribution < -0.4 is 9.47 Å². The summed E-state index contributed by atoms with van der Waals surface area (Å²) in [5.41, 5.74) is 0. The average Bonchev–Trinajstić information content (AvgIpc) is 3.30. The summed E-state index contributed by atoms with van der Waals surface area (Å²) in [6, 6.07) is 12.1. The van der Waals surface area contributed by atoms with Crippen molar-refractivity contribution in [2.24, 2.45) is 0 Å². The van der Waals surface area contributed by atoms with E-state index in [2.05, 4.69) is 17.5 Å². The van der Waals surface area contributed by atoms with Gasteiger partial charge in [-0.15, -0.1) is 11.3 Å². The van der Waals surface area contributed by atoms with E-state index in [1.165, 1.54) is 4.88 Å². The van der Waals surface area contributed by atoms with Crippen molar-refractivity contribution in [1.29, 1.82) is 0 Å². The van der Waals surface area contributed by atoms with E-state index in [4.69, 9.17) is 9.47 Å². The van der Waals surface area contributed by atoms with Gasteiger partial charge in [0.1, 0.15) is 0 Å². The summed E-state index contributed by atoms with van der Waals surface area (Å²) in [7, 11) is 0. The lowest BCUT2D eigenvalue weighted by molar-refractivity contribution is -0.132. The third-order valence-electron chi connectivity index (χ3n) is 4.39. The smallest absolute Gasteiger partial charge is 0.223 e. The Morgan fingerprint density at radius 1 is 1.20 bits per heavy atom. The number of para-hydroxylation sites is 2. The maximum absolute atomic E-state index is 12.6. The number of hydrogen-bond acceptors (Lipinski definition) is 4. The highest BCUT2D eigenvalue weighted by atomic mass is 32.1. The van der Waals surface area contributed by atoms with Crippen molar-refractivity contribution in [3.05, 3.63) is 46.7 Å². The van der Waals surface area contributed by atoms with E-state index >= 15 is 0 Å². The monoisotopic (exact) mass is 359 g/mol. The van der Waals surface area contributed by atoms with Crippen molar-refractivity contribution in [1.82, 2.24) is 4.90 Å². The van der Waals surface area contributed by atoms with E-state index in [0.29, 0.717) is 26.1 Å². The van der Waals surface area contributed by atoms with Gasteiger partial charge in [-0.3, -0.25) is 4.79 Å². The van der Waals surface area contributed by atoms with Crippen LogP contribution in [0.4, 0.5) is 0 Å². The Labute approximate surface area is 153 Å². The highest BCUT2D eigenvalue weighted by molar-refractivity contribution is 7.10. The van der Waals surface area contributed by atoms with Crippen molar-refractivity contribution in [2.75, 3.05) is 19.8 Å². The molecule has 1 fully saturated rings. The Morgan fingerprint density at radius 2 is 2.00 bits per heavy atom. The zero-order valence-corrected chi connectivity index (χ0v) is 15.5. The summed E-state index contributed by atoms with van der Waals surface area (Å²) in [5.74, 6) is 1.74. The maximum atomic E-state index is 12.6. The van der Waals surface area contributed by atoms with Crippen LogP contribution in [0.1, 0.15) is 43.5 Å². The molecule has 1 aliphatic heterocycles. The molecule has 134 valence electrons. The van der Waals surface area contributed by atoms with Crippen molar-refractivity contribution in [3.63, 3.8) is 0 Å². The number of thiophene rings is 1. The van der Waals surface area contributed by atoms with Crippen molar-refractivity contribution >= 4 is 17.2 Å². The lowest BCUT2D eigenvalue weighted by atomic mass is 10.1. The van der Waals surface area contributed by atoms with Crippen molar-refractivity contribution < 1.29 is 14.3 Å². The molecule has 1 aliphatic rings. The van der Waals surface area contributed by atoms with Gasteiger partial charge in [0.05, 0.1) is 19.3 Å². The molecule has 2 heterocycles. The average molecular weight is 359 g/mol. The van der Waals surface area contributed by atoms with Gasteiger partial charge < -0.3 is 14.4 Å². The summed E-state index contributed by atoms with van der Waals surface area (Å²) in [6.07, 6.45) is 3.41. The van der Waals surface area contributed by atoms with Crippen molar-refractivity contribution in [2.45, 2.75) is 38.6 Å². The number of benzene rings is 1. The lowest BCUT2D eigenvalue weighted by Crippen LogP contribution is -2.30. The first-order valence-electron chi connectivity index (χ1n) is 8.97. The second-order valence-corrected chi connectivity index (χ2v) is 7.07. The molecule has 1 unspecified atom stereocenters. The zero-order chi connectivity index (χ0) is 17.5. The standard InChI is InChI=1S/C20H25NO3S/c1-2-23-17-9-3-4-10-18(17)24-14-6-12-20(22)21-13-5-8-16(21)19-11-7-15-25-19/h3-4,7,9-11,15-16H,2,5-6,8,12-14H2,1H3. The Balaban J connectivity index is 1.47. The third kappa shape index (κ3) is 4.54. The van der Waals surface area contributed by atoms with Crippen molar-refractivity contribution in [3.8, 4) is 11.5 Å². The van der Waals surface area contributed by atoms with Crippen LogP contribution in [0.2, 0.25) is 0 Å². The highest BCUT2D eigenvalue weighted by Gasteiger charge is 2.29. The molecular weight excluding hydrogens is 334 g/mol. The first-order valence-corrected chi connectivity index (χ1v) is 9.85. The van der Waals surface area contributed by atoms with Gasteiger partial charge in [-0.1, -0.05) is 18.2 Å². The van der Waals surface area contributed by atoms with Crippen LogP contribution in [0.3, 0.4) is 0 Å². The molecule has 1 amide bonds. The number of amides is 1. The maximum Gasteiger partial charge on any atom is 0.223 e. The number of carbonyl (C=O) groups excluding carboxylic acids is 1. The van der Waals surface area contributed by atoms with Gasteiger partial charge in [0.2, 0.25) is 5.91 Å². The van der Waals surface area contributed by atoms with E-state index in [1.807, 2.05) is 36.1 Å². The molecule has 0 bridgehead atoms. The molecule has 0 saturated carbocycles. The Hall–Kier alpha value is -2.01. The Morgan fingerprint density at radius 3 is 2.72 bits per heavy atom. The lowest BCUT2D eigenvalue weighted by Gasteiger charge is -2.24. The minimum absolute atomic E-state index is 0.234. The number of likely N-dealkylation sites (tertiary alicyclic amines) is 1. The van der Waals surface area contributed by atoms with Gasteiger partial charge in [-0.05, 0) is 49.8 Å². The van der Waals surface area contributed by atoms with Gasteiger partial charge in [0.15, 0.2) is 11.5 Å². The molecule has 0 spiro atoms. The molecule has 0 aliphatic carbocycles. The molecule has 1 aromatic heterocycles. The normalized spacial score (nSPS) is 16.8. The fourth-order valence-corrected chi connectivity index (χ4v) is 4.11. The van der Waals surface area contributed by atoms with E-state index < -0.39 is 0 Å². The number of rotatable bonds is 8. The predicted molar refractivity (Wildman–Crippen MR) is 100 cm³/mol. The molecule has 0 radical (unpaired) electrons. The highest BCUT2D eigenvalue weighted by Crippen LogP contribution is 2.35. The molecule has 4 nitrogen and oxygen atoms in total. The van der Waals surface area contributed by atoms with Crippen LogP contribution in [-0.2, 0) is 4.79 Å². The largest absolute Gasteiger partial charge is 0.490 e. The summed E-state index contributed by atoms with van der Waals surface area (Å²) in [5, 5.41) is 2.08. The molecule has 3 rings (SSSR count). The minimum atomic E-state index is 0.234. The summed E-state index contributed by atoms with van der Waals surface area (Å²) in [6.45, 7) is 3.95. The van der Waals surface area contributed by atoms with E-state index in [-0.39, 0.29) is 11.9 Å². The van der Waals surface area contributed by atoms with Gasteiger partial charge >= 0.3 is 0 Å². The fraction of sp³-hybridized carbons (Fsp3) is 0.450. The minimum Gasteiger partial charge on any atom is -0.490 e. The first kappa shape index (κ1) is 17.8. The van der Waals surface area contributed by atoms with E-state index in [0.717, 1.165) is 30.9 Å². The fourth-order valence-electron chi connectivity index (χ4n) is 3.24. The number of hydrogen-bond donors (Lipinski definition) is 0. The van der Waals surface area contributed by atoms with Crippen LogP contribution in [0.15, 0.2) is 41.8 Å². The molecule has 1 atom stereocenters. The second-order valence-electron chi connectivity index (χ2n) is 6.09. The van der Waals surface area contributed by atoms with Gasteiger partial charge in [-0.2, -0.15) is 0 Å². The molecular formula is C20H25NO3S. The van der Waals surface area contributed by atoms with Gasteiger partial charge in [-0.25, -0.2) is 0 Å². The second kappa shape index (κ2) is 8.90. The molecule has 1 saturated heterocycles. The van der Waals surface area contributed by atoms with Crippen LogP contribution in [0.5, 0.6) is 11.5 Å².